The molecule has 2 heterocycles. The number of rotatable bonds is 8. The SMILES string of the molecule is CCNC(=NCC1CCCN1CCOC)NC1CCN(S(=O)(=O)C(F)(F)F)CC1. The summed E-state index contributed by atoms with van der Waals surface area (Å²) in [5.74, 6) is 0.614. The van der Waals surface area contributed by atoms with Gasteiger partial charge in [-0.3, -0.25) is 9.89 Å². The van der Waals surface area contributed by atoms with Crippen molar-refractivity contribution in [2.24, 2.45) is 4.99 Å². The average Bonchev–Trinajstić information content (AvgIpc) is 3.11. The minimum Gasteiger partial charge on any atom is -0.383 e. The molecule has 170 valence electrons. The number of methoxy groups -OCH3 is 1. The number of nitrogens with one attached hydrogen (secondary N) is 2. The van der Waals surface area contributed by atoms with Crippen LogP contribution in [0.3, 0.4) is 0 Å². The van der Waals surface area contributed by atoms with Crippen LogP contribution < -0.4 is 10.6 Å². The second-order valence-corrected chi connectivity index (χ2v) is 9.24. The van der Waals surface area contributed by atoms with E-state index in [4.69, 9.17) is 4.74 Å². The molecule has 2 N–H and O–H groups in total. The van der Waals surface area contributed by atoms with Crippen LogP contribution >= 0.6 is 0 Å². The molecule has 0 saturated carbocycles. The van der Waals surface area contributed by atoms with Gasteiger partial charge in [0.25, 0.3) is 0 Å². The molecule has 0 aromatic heterocycles. The van der Waals surface area contributed by atoms with Crippen LogP contribution in [0.4, 0.5) is 13.2 Å². The Morgan fingerprint density at radius 2 is 1.90 bits per heavy atom. The Morgan fingerprint density at radius 3 is 2.48 bits per heavy atom. The predicted octanol–water partition coefficient (Wildman–Crippen LogP) is 0.966. The van der Waals surface area contributed by atoms with E-state index < -0.39 is 15.5 Å². The molecule has 2 saturated heterocycles. The molecule has 0 amide bonds. The van der Waals surface area contributed by atoms with Gasteiger partial charge in [-0.2, -0.15) is 17.5 Å². The number of likely N-dealkylation sites (tertiary alicyclic amines) is 1. The monoisotopic (exact) mass is 443 g/mol. The van der Waals surface area contributed by atoms with Crippen molar-refractivity contribution < 1.29 is 26.3 Å². The first kappa shape index (κ1) is 24.2. The standard InChI is InChI=1S/C17H32F3N5O3S/c1-3-21-16(22-13-15-5-4-8-24(15)11-12-28-2)23-14-6-9-25(10-7-14)29(26,27)17(18,19)20/h14-15H,3-13H2,1-2H3,(H2,21,22,23). The lowest BCUT2D eigenvalue weighted by atomic mass is 10.1. The molecule has 2 aliphatic heterocycles. The Labute approximate surface area is 170 Å². The molecule has 0 aliphatic carbocycles. The predicted molar refractivity (Wildman–Crippen MR) is 105 cm³/mol. The van der Waals surface area contributed by atoms with Crippen LogP contribution in [0.1, 0.15) is 32.6 Å². The van der Waals surface area contributed by atoms with Crippen LogP contribution in [0.2, 0.25) is 0 Å². The maximum atomic E-state index is 12.7. The fraction of sp³-hybridized carbons (Fsp3) is 0.941. The number of alkyl halides is 3. The van der Waals surface area contributed by atoms with Crippen molar-refractivity contribution in [3.8, 4) is 0 Å². The zero-order valence-corrected chi connectivity index (χ0v) is 17.9. The van der Waals surface area contributed by atoms with E-state index in [1.54, 1.807) is 7.11 Å². The van der Waals surface area contributed by atoms with Gasteiger partial charge >= 0.3 is 15.5 Å². The normalized spacial score (nSPS) is 23.5. The molecule has 8 nitrogen and oxygen atoms in total. The summed E-state index contributed by atoms with van der Waals surface area (Å²) in [5.41, 5.74) is -5.25. The molecule has 29 heavy (non-hydrogen) atoms. The summed E-state index contributed by atoms with van der Waals surface area (Å²) in [5, 5.41) is 6.40. The highest BCUT2D eigenvalue weighted by atomic mass is 32.2. The van der Waals surface area contributed by atoms with E-state index in [2.05, 4.69) is 20.5 Å². The number of piperidine rings is 1. The van der Waals surface area contributed by atoms with Gasteiger partial charge in [-0.1, -0.05) is 0 Å². The summed E-state index contributed by atoms with van der Waals surface area (Å²) in [7, 11) is -3.57. The molecule has 0 spiro atoms. The summed E-state index contributed by atoms with van der Waals surface area (Å²) in [4.78, 5) is 7.01. The minimum absolute atomic E-state index is 0.124. The molecule has 0 radical (unpaired) electrons. The third-order valence-corrected chi connectivity index (χ3v) is 6.94. The van der Waals surface area contributed by atoms with Gasteiger partial charge in [0.2, 0.25) is 0 Å². The first-order valence-corrected chi connectivity index (χ1v) is 11.5. The van der Waals surface area contributed by atoms with Gasteiger partial charge in [0.15, 0.2) is 5.96 Å². The second kappa shape index (κ2) is 10.8. The first-order chi connectivity index (χ1) is 13.7. The average molecular weight is 444 g/mol. The lowest BCUT2D eigenvalue weighted by Crippen LogP contribution is -2.51. The Balaban J connectivity index is 1.88. The van der Waals surface area contributed by atoms with Crippen LogP contribution in [-0.2, 0) is 14.8 Å². The number of hydrogen-bond acceptors (Lipinski definition) is 5. The van der Waals surface area contributed by atoms with Crippen LogP contribution in [0.25, 0.3) is 0 Å². The highest BCUT2D eigenvalue weighted by Crippen LogP contribution is 2.29. The Kier molecular flexibility index (Phi) is 8.98. The van der Waals surface area contributed by atoms with E-state index in [-0.39, 0.29) is 19.1 Å². The second-order valence-electron chi connectivity index (χ2n) is 7.31. The van der Waals surface area contributed by atoms with Crippen molar-refractivity contribution in [2.45, 2.75) is 50.2 Å². The van der Waals surface area contributed by atoms with Crippen molar-refractivity contribution >= 4 is 16.0 Å². The summed E-state index contributed by atoms with van der Waals surface area (Å²) in [6, 6.07) is 0.222. The molecule has 1 unspecified atom stereocenters. The number of guanidine groups is 1. The van der Waals surface area contributed by atoms with Gasteiger partial charge in [0, 0.05) is 45.4 Å². The van der Waals surface area contributed by atoms with Gasteiger partial charge < -0.3 is 15.4 Å². The zero-order chi connectivity index (χ0) is 21.5. The lowest BCUT2D eigenvalue weighted by Gasteiger charge is -2.32. The molecule has 12 heteroatoms. The number of halogens is 3. The molecule has 0 aromatic carbocycles. The van der Waals surface area contributed by atoms with E-state index in [0.29, 0.717) is 48.8 Å². The van der Waals surface area contributed by atoms with Crippen molar-refractivity contribution in [1.29, 1.82) is 0 Å². The highest BCUT2D eigenvalue weighted by molar-refractivity contribution is 7.90. The topological polar surface area (TPSA) is 86.3 Å². The molecule has 0 aromatic rings. The summed E-state index contributed by atoms with van der Waals surface area (Å²) in [6.45, 7) is 5.48. The third kappa shape index (κ3) is 6.69. The largest absolute Gasteiger partial charge is 0.511 e. The smallest absolute Gasteiger partial charge is 0.383 e. The zero-order valence-electron chi connectivity index (χ0n) is 17.0. The van der Waals surface area contributed by atoms with Crippen LogP contribution in [-0.4, -0.2) is 94.2 Å². The quantitative estimate of drug-likeness (QED) is 0.430. The van der Waals surface area contributed by atoms with Gasteiger partial charge in [-0.15, -0.1) is 0 Å². The van der Waals surface area contributed by atoms with E-state index in [1.807, 2.05) is 6.92 Å². The number of nitrogens with zero attached hydrogens (tertiary/aromatic N) is 3. The maximum absolute atomic E-state index is 12.7. The number of aliphatic imine (C=N–C) groups is 1. The van der Waals surface area contributed by atoms with E-state index in [0.717, 1.165) is 25.9 Å². The van der Waals surface area contributed by atoms with Crippen molar-refractivity contribution in [3.05, 3.63) is 0 Å². The molecule has 1 atom stereocenters. The van der Waals surface area contributed by atoms with Gasteiger partial charge in [0.1, 0.15) is 0 Å². The molecular formula is C17H32F3N5O3S. The van der Waals surface area contributed by atoms with E-state index in [1.165, 1.54) is 0 Å². The first-order valence-electron chi connectivity index (χ1n) is 10.0. The van der Waals surface area contributed by atoms with Gasteiger partial charge in [-0.05, 0) is 39.2 Å². The Morgan fingerprint density at radius 1 is 1.21 bits per heavy atom. The van der Waals surface area contributed by atoms with Crippen molar-refractivity contribution in [2.75, 3.05) is 53.0 Å². The number of hydrogen-bond donors (Lipinski definition) is 2. The minimum atomic E-state index is -5.25. The van der Waals surface area contributed by atoms with E-state index in [9.17, 15) is 21.6 Å². The van der Waals surface area contributed by atoms with Crippen LogP contribution in [0.5, 0.6) is 0 Å². The van der Waals surface area contributed by atoms with Crippen molar-refractivity contribution in [3.63, 3.8) is 0 Å². The number of ether oxygens (including phenoxy) is 1. The molecule has 2 rings (SSSR count). The third-order valence-electron chi connectivity index (χ3n) is 5.31. The lowest BCUT2D eigenvalue weighted by molar-refractivity contribution is -0.0494. The summed E-state index contributed by atoms with van der Waals surface area (Å²) >= 11 is 0. The summed E-state index contributed by atoms with van der Waals surface area (Å²) in [6.07, 6.45) is 2.78. The molecule has 2 aliphatic rings. The van der Waals surface area contributed by atoms with Crippen LogP contribution in [0, 0.1) is 0 Å². The maximum Gasteiger partial charge on any atom is 0.511 e. The fourth-order valence-corrected chi connectivity index (χ4v) is 4.69. The van der Waals surface area contributed by atoms with Crippen LogP contribution in [0.15, 0.2) is 4.99 Å². The molecular weight excluding hydrogens is 411 g/mol. The fourth-order valence-electron chi connectivity index (χ4n) is 3.70. The Bertz CT molecular complexity index is 637. The van der Waals surface area contributed by atoms with Gasteiger partial charge in [0.05, 0.1) is 13.2 Å². The van der Waals surface area contributed by atoms with E-state index >= 15 is 0 Å². The molecule has 0 bridgehead atoms. The highest BCUT2D eigenvalue weighted by Gasteiger charge is 2.50. The van der Waals surface area contributed by atoms with Gasteiger partial charge in [-0.25, -0.2) is 8.42 Å². The Hall–Kier alpha value is -1.11. The number of sulfonamides is 1. The molecule has 2 fully saturated rings. The summed E-state index contributed by atoms with van der Waals surface area (Å²) < 4.78 is 66.8. The van der Waals surface area contributed by atoms with Crippen molar-refractivity contribution in [1.82, 2.24) is 19.8 Å².